The van der Waals surface area contributed by atoms with Crippen LogP contribution < -0.4 is 14.5 Å². The van der Waals surface area contributed by atoms with Crippen molar-refractivity contribution in [3.63, 3.8) is 0 Å². The number of carbonyl (C=O) groups is 1. The number of hydrogen-bond donors (Lipinski definition) is 0. The minimum atomic E-state index is -0.706. The molecule has 0 fully saturated rings. The first-order chi connectivity index (χ1) is 14.9. The van der Waals surface area contributed by atoms with Crippen LogP contribution in [0, 0.1) is 44.3 Å². The first-order valence-electron chi connectivity index (χ1n) is 9.54. The first kappa shape index (κ1) is 26.7. The number of allylic oxidation sites excluding steroid dienone is 2. The van der Waals surface area contributed by atoms with Crippen molar-refractivity contribution in [1.29, 1.82) is 0 Å². The summed E-state index contributed by atoms with van der Waals surface area (Å²) in [6, 6.07) is 0. The van der Waals surface area contributed by atoms with Crippen molar-refractivity contribution in [3.8, 4) is 11.9 Å². The second-order valence-corrected chi connectivity index (χ2v) is 5.84. The van der Waals surface area contributed by atoms with Gasteiger partial charge in [-0.05, 0) is 20.8 Å². The van der Waals surface area contributed by atoms with Crippen LogP contribution in [0.5, 0.6) is 5.95 Å². The monoisotopic (exact) mass is 619 g/mol. The van der Waals surface area contributed by atoms with Gasteiger partial charge >= 0.3 is 38.5 Å². The number of carbonyl (C=O) groups excluding carboxylic acids is 2. The zero-order valence-corrected chi connectivity index (χ0v) is 20.4. The van der Waals surface area contributed by atoms with Gasteiger partial charge in [0.1, 0.15) is 6.54 Å². The summed E-state index contributed by atoms with van der Waals surface area (Å²) in [6.07, 6.45) is 17.3. The predicted molar refractivity (Wildman–Crippen MR) is 109 cm³/mol. The molecule has 0 N–H and O–H groups in total. The summed E-state index contributed by atoms with van der Waals surface area (Å²) in [6.45, 7) is 16.3. The van der Waals surface area contributed by atoms with Crippen LogP contribution in [-0.4, -0.2) is 43.1 Å². The van der Waals surface area contributed by atoms with Crippen molar-refractivity contribution in [2.45, 2.75) is 20.8 Å². The van der Waals surface area contributed by atoms with Gasteiger partial charge in [0.25, 0.3) is 6.23 Å². The molecule has 0 bridgehead atoms. The molecule has 172 valence electrons. The van der Waals surface area contributed by atoms with Crippen LogP contribution in [-0.2, 0) is 39.8 Å². The maximum atomic E-state index is 9.89. The third-order valence-electron chi connectivity index (χ3n) is 3.65. The average Bonchev–Trinajstić information content (AvgIpc) is 3.31. The Labute approximate surface area is 202 Å². The molecule has 0 spiro atoms. The predicted octanol–water partition coefficient (Wildman–Crippen LogP) is 0.873. The quantitative estimate of drug-likeness (QED) is 0.161. The first-order valence-corrected chi connectivity index (χ1v) is 9.54. The Morgan fingerprint density at radius 2 is 2.00 bits per heavy atom. The van der Waals surface area contributed by atoms with E-state index in [4.69, 9.17) is 24.7 Å². The minimum absolute atomic E-state index is 0. The number of ether oxygens (including phenoxy) is 3. The largest absolute Gasteiger partial charge is 2.00 e. The summed E-state index contributed by atoms with van der Waals surface area (Å²) in [5.74, 6) is 1.66. The molecular formula is C23H24N2O6Pt. The van der Waals surface area contributed by atoms with E-state index in [1.807, 2.05) is 32.4 Å². The van der Waals surface area contributed by atoms with Crippen LogP contribution in [0.2, 0.25) is 0 Å². The van der Waals surface area contributed by atoms with E-state index in [9.17, 15) is 4.79 Å². The number of oxazole rings is 1. The standard InChI is InChI=1S/C18H19N2O4.C5H5O2.Pt/c1-5-21-15-11-19(3)17(23-15)13-8-7-9-14(10-13)18-20(4)12-16(24-18)22-6-2;1-3-5(6)7-4-2;/h7-9,11-12H,3-6H2,1-2H3;4H2,2H3;/q2*-1;+2/b17-13+;;. The molecule has 32 heavy (non-hydrogen) atoms. The molecule has 2 aliphatic rings. The zero-order chi connectivity index (χ0) is 22.8. The van der Waals surface area contributed by atoms with Crippen LogP contribution in [0.15, 0.2) is 28.3 Å². The van der Waals surface area contributed by atoms with Crippen molar-refractivity contribution in [2.75, 3.05) is 19.8 Å². The summed E-state index contributed by atoms with van der Waals surface area (Å²) in [7, 11) is 0. The molecule has 0 saturated heterocycles. The summed E-state index contributed by atoms with van der Waals surface area (Å²) in [5.41, 5.74) is 1.98. The van der Waals surface area contributed by atoms with Crippen molar-refractivity contribution in [2.24, 2.45) is 0 Å². The van der Waals surface area contributed by atoms with Crippen LogP contribution in [0.25, 0.3) is 5.57 Å². The molecule has 0 radical (unpaired) electrons. The molecule has 0 unspecified atom stereocenters. The SMILES string of the molecule is C=[N+]1[CH-]C(OCC)=[O+][C-]1C1=[C-]/C(=c2/[o+]c(OCC)[cH-][n+]2=C)[CH-]C=C1.[C-]#CC(=O)OCC.[Pt+2]. The molecule has 1 aromatic heterocycles. The van der Waals surface area contributed by atoms with E-state index in [1.165, 1.54) is 0 Å². The molecule has 0 amide bonds. The van der Waals surface area contributed by atoms with Gasteiger partial charge in [-0.25, -0.2) is 5.92 Å². The Balaban J connectivity index is 0.000000558. The maximum Gasteiger partial charge on any atom is 2.00 e. The van der Waals surface area contributed by atoms with Crippen molar-refractivity contribution < 1.29 is 57.7 Å². The van der Waals surface area contributed by atoms with E-state index >= 15 is 0 Å². The third kappa shape index (κ3) is 7.14. The fourth-order valence-electron chi connectivity index (χ4n) is 2.46. The van der Waals surface area contributed by atoms with Gasteiger partial charge in [-0.2, -0.15) is 5.57 Å². The smallest absolute Gasteiger partial charge is 0.542 e. The molecule has 0 aromatic carbocycles. The molecule has 0 saturated carbocycles. The Hall–Kier alpha value is -3.30. The topological polar surface area (TPSA) is 76.3 Å². The van der Waals surface area contributed by atoms with Crippen molar-refractivity contribution in [1.82, 2.24) is 0 Å². The van der Waals surface area contributed by atoms with Crippen LogP contribution >= 0.6 is 0 Å². The molecule has 2 heterocycles. The summed E-state index contributed by atoms with van der Waals surface area (Å²) in [5, 5.41) is 0. The van der Waals surface area contributed by atoms with Crippen LogP contribution in [0.1, 0.15) is 20.8 Å². The fraction of sp³-hybridized carbons (Fsp3) is 0.261. The van der Waals surface area contributed by atoms with Crippen molar-refractivity contribution >= 4 is 24.2 Å². The Bertz CT molecular complexity index is 1060. The number of nitrogens with zero attached hydrogens (tertiary/aromatic N) is 2. The summed E-state index contributed by atoms with van der Waals surface area (Å²) in [4.78, 5) is 9.89. The van der Waals surface area contributed by atoms with Crippen LogP contribution in [0.4, 0.5) is 0 Å². The van der Waals surface area contributed by atoms with Gasteiger partial charge in [-0.15, -0.1) is 5.57 Å². The Morgan fingerprint density at radius 3 is 2.59 bits per heavy atom. The number of aromatic nitrogens is 1. The molecule has 1 aliphatic carbocycles. The van der Waals surface area contributed by atoms with Gasteiger partial charge in [0.2, 0.25) is 12.2 Å². The maximum absolute atomic E-state index is 9.89. The molecule has 0 atom stereocenters. The molecule has 1 aromatic rings. The second-order valence-electron chi connectivity index (χ2n) is 5.84. The summed E-state index contributed by atoms with van der Waals surface area (Å²) < 4.78 is 29.5. The number of esters is 2. The van der Waals surface area contributed by atoms with E-state index < -0.39 is 5.97 Å². The van der Waals surface area contributed by atoms with Gasteiger partial charge < -0.3 is 40.5 Å². The molecule has 8 nitrogen and oxygen atoms in total. The van der Waals surface area contributed by atoms with E-state index in [0.717, 1.165) is 11.1 Å². The minimum Gasteiger partial charge on any atom is -0.542 e. The van der Waals surface area contributed by atoms with Crippen LogP contribution in [0.3, 0.4) is 0 Å². The molecule has 3 rings (SSSR count). The second kappa shape index (κ2) is 13.2. The number of hydrogen-bond acceptors (Lipinski definition) is 4. The molecule has 1 aliphatic heterocycles. The Morgan fingerprint density at radius 1 is 1.28 bits per heavy atom. The Kier molecular flexibility index (Phi) is 11.0. The van der Waals surface area contributed by atoms with E-state index in [-0.39, 0.29) is 21.1 Å². The van der Waals surface area contributed by atoms with E-state index in [2.05, 4.69) is 24.2 Å². The third-order valence-corrected chi connectivity index (χ3v) is 3.65. The van der Waals surface area contributed by atoms with Gasteiger partial charge in [0.05, 0.1) is 6.61 Å². The normalized spacial score (nSPS) is 15.6. The van der Waals surface area contributed by atoms with Gasteiger partial charge in [-0.1, -0.05) is 6.72 Å². The van der Waals surface area contributed by atoms with Crippen molar-refractivity contribution in [3.05, 3.63) is 67.9 Å². The molecule has 9 heteroatoms. The zero-order valence-electron chi connectivity index (χ0n) is 18.1. The summed E-state index contributed by atoms with van der Waals surface area (Å²) >= 11 is 0. The van der Waals surface area contributed by atoms with E-state index in [1.54, 1.807) is 34.4 Å². The van der Waals surface area contributed by atoms with Gasteiger partial charge in [0, 0.05) is 6.72 Å². The molecular weight excluding hydrogens is 595 g/mol. The fourth-order valence-corrected chi connectivity index (χ4v) is 2.46. The number of rotatable bonds is 5. The van der Waals surface area contributed by atoms with Gasteiger partial charge in [0.15, 0.2) is 13.2 Å². The van der Waals surface area contributed by atoms with Gasteiger partial charge in [-0.3, -0.25) is 27.2 Å². The average molecular weight is 620 g/mol. The van der Waals surface area contributed by atoms with E-state index in [0.29, 0.717) is 43.5 Å².